The number of nitrogens with one attached hydrogen (secondary N) is 1. The Labute approximate surface area is 153 Å². The number of benzene rings is 2. The normalized spacial score (nSPS) is 11.4. The third-order valence-corrected chi connectivity index (χ3v) is 3.71. The summed E-state index contributed by atoms with van der Waals surface area (Å²) in [5, 5.41) is 2.67. The number of hydrogen-bond donors (Lipinski definition) is 1. The van der Waals surface area contributed by atoms with Crippen molar-refractivity contribution >= 4 is 17.6 Å². The molecule has 2 rings (SSSR count). The lowest BCUT2D eigenvalue weighted by Crippen LogP contribution is -2.31. The molecule has 0 saturated heterocycles. The first-order chi connectivity index (χ1) is 12.4. The molecule has 1 atom stereocenters. The number of rotatable bonds is 7. The number of amides is 1. The van der Waals surface area contributed by atoms with E-state index in [1.807, 2.05) is 26.0 Å². The lowest BCUT2D eigenvalue weighted by Gasteiger charge is -2.14. The predicted molar refractivity (Wildman–Crippen MR) is 98.6 cm³/mol. The van der Waals surface area contributed by atoms with E-state index in [0.717, 1.165) is 11.1 Å². The van der Waals surface area contributed by atoms with Gasteiger partial charge in [-0.1, -0.05) is 17.7 Å². The number of anilines is 1. The molecule has 0 radical (unpaired) electrons. The van der Waals surface area contributed by atoms with Crippen molar-refractivity contribution in [3.05, 3.63) is 53.6 Å². The van der Waals surface area contributed by atoms with Crippen LogP contribution in [-0.2, 0) is 14.3 Å². The van der Waals surface area contributed by atoms with Crippen molar-refractivity contribution in [1.82, 2.24) is 0 Å². The second-order valence-electron chi connectivity index (χ2n) is 5.91. The molecule has 138 valence electrons. The van der Waals surface area contributed by atoms with Crippen LogP contribution in [0.5, 0.6) is 11.5 Å². The lowest BCUT2D eigenvalue weighted by molar-refractivity contribution is -0.155. The Bertz CT molecular complexity index is 770. The van der Waals surface area contributed by atoms with Crippen LogP contribution in [0.25, 0.3) is 0 Å². The summed E-state index contributed by atoms with van der Waals surface area (Å²) in [6, 6.07) is 12.5. The van der Waals surface area contributed by atoms with Crippen molar-refractivity contribution in [1.29, 1.82) is 0 Å². The fourth-order valence-electron chi connectivity index (χ4n) is 2.30. The molecule has 0 spiro atoms. The van der Waals surface area contributed by atoms with E-state index in [9.17, 15) is 9.59 Å². The molecule has 0 aromatic heterocycles. The topological polar surface area (TPSA) is 73.9 Å². The number of aryl methyl sites for hydroxylation is 2. The van der Waals surface area contributed by atoms with Gasteiger partial charge in [0.05, 0.1) is 7.11 Å². The summed E-state index contributed by atoms with van der Waals surface area (Å²) >= 11 is 0. The molecule has 0 unspecified atom stereocenters. The number of carbonyl (C=O) groups excluding carboxylic acids is 2. The van der Waals surface area contributed by atoms with Gasteiger partial charge in [-0.25, -0.2) is 4.79 Å². The molecule has 0 aliphatic carbocycles. The molecule has 26 heavy (non-hydrogen) atoms. The van der Waals surface area contributed by atoms with Gasteiger partial charge in [0.15, 0.2) is 12.7 Å². The smallest absolute Gasteiger partial charge is 0.344 e. The molecule has 6 nitrogen and oxygen atoms in total. The van der Waals surface area contributed by atoms with E-state index in [1.165, 1.54) is 6.92 Å². The summed E-state index contributed by atoms with van der Waals surface area (Å²) in [7, 11) is 1.56. The van der Waals surface area contributed by atoms with E-state index >= 15 is 0 Å². The molecule has 0 fully saturated rings. The molecular weight excluding hydrogens is 334 g/mol. The summed E-state index contributed by atoms with van der Waals surface area (Å²) in [5.74, 6) is 0.270. The summed E-state index contributed by atoms with van der Waals surface area (Å²) < 4.78 is 15.6. The van der Waals surface area contributed by atoms with E-state index in [-0.39, 0.29) is 6.61 Å². The van der Waals surface area contributed by atoms with E-state index in [2.05, 4.69) is 5.32 Å². The van der Waals surface area contributed by atoms with Gasteiger partial charge in [-0.05, 0) is 56.7 Å². The summed E-state index contributed by atoms with van der Waals surface area (Å²) in [6.45, 7) is 5.13. The highest BCUT2D eigenvalue weighted by Crippen LogP contribution is 2.19. The summed E-state index contributed by atoms with van der Waals surface area (Å²) in [6.07, 6.45) is -0.938. The van der Waals surface area contributed by atoms with Gasteiger partial charge in [0.2, 0.25) is 0 Å². The molecule has 6 heteroatoms. The van der Waals surface area contributed by atoms with Gasteiger partial charge < -0.3 is 19.5 Å². The van der Waals surface area contributed by atoms with E-state index in [0.29, 0.717) is 17.2 Å². The van der Waals surface area contributed by atoms with Gasteiger partial charge in [-0.2, -0.15) is 0 Å². The molecule has 1 amide bonds. The Balaban J connectivity index is 1.82. The van der Waals surface area contributed by atoms with Crippen LogP contribution in [0.4, 0.5) is 5.69 Å². The maximum Gasteiger partial charge on any atom is 0.344 e. The van der Waals surface area contributed by atoms with Crippen molar-refractivity contribution < 1.29 is 23.8 Å². The van der Waals surface area contributed by atoms with Gasteiger partial charge in [-0.15, -0.1) is 0 Å². The van der Waals surface area contributed by atoms with Gasteiger partial charge >= 0.3 is 5.97 Å². The molecule has 1 N–H and O–H groups in total. The molecule has 0 heterocycles. The van der Waals surface area contributed by atoms with Crippen LogP contribution in [-0.4, -0.2) is 31.7 Å². The molecular formula is C20H23NO5. The maximum absolute atomic E-state index is 12.1. The van der Waals surface area contributed by atoms with Crippen LogP contribution in [0.1, 0.15) is 18.1 Å². The van der Waals surface area contributed by atoms with Crippen molar-refractivity contribution in [3.63, 3.8) is 0 Å². The van der Waals surface area contributed by atoms with Crippen molar-refractivity contribution in [3.8, 4) is 11.5 Å². The van der Waals surface area contributed by atoms with E-state index in [1.54, 1.807) is 37.4 Å². The highest BCUT2D eigenvalue weighted by atomic mass is 16.6. The predicted octanol–water partition coefficient (Wildman–Crippen LogP) is 3.26. The minimum absolute atomic E-state index is 0.260. The second-order valence-corrected chi connectivity index (χ2v) is 5.91. The highest BCUT2D eigenvalue weighted by Gasteiger charge is 2.18. The van der Waals surface area contributed by atoms with Crippen LogP contribution in [0, 0.1) is 13.8 Å². The zero-order valence-electron chi connectivity index (χ0n) is 15.4. The molecule has 2 aromatic rings. The average molecular weight is 357 g/mol. The molecule has 0 aliphatic heterocycles. The maximum atomic E-state index is 12.1. The highest BCUT2D eigenvalue weighted by molar-refractivity contribution is 5.95. The van der Waals surface area contributed by atoms with Gasteiger partial charge in [0.1, 0.15) is 11.5 Å². The Kier molecular flexibility index (Phi) is 6.60. The first-order valence-corrected chi connectivity index (χ1v) is 8.23. The fourth-order valence-corrected chi connectivity index (χ4v) is 2.30. The third-order valence-electron chi connectivity index (χ3n) is 3.71. The first kappa shape index (κ1) is 19.3. The third kappa shape index (κ3) is 5.51. The quantitative estimate of drug-likeness (QED) is 0.770. The number of carbonyl (C=O) groups is 2. The van der Waals surface area contributed by atoms with Gasteiger partial charge in [0, 0.05) is 5.69 Å². The Morgan fingerprint density at radius 2 is 1.77 bits per heavy atom. The zero-order valence-corrected chi connectivity index (χ0v) is 15.4. The number of hydrogen-bond acceptors (Lipinski definition) is 5. The van der Waals surface area contributed by atoms with Crippen molar-refractivity contribution in [2.75, 3.05) is 19.0 Å². The fraction of sp³-hybridized carbons (Fsp3) is 0.300. The molecule has 0 bridgehead atoms. The summed E-state index contributed by atoms with van der Waals surface area (Å²) in [5.41, 5.74) is 2.63. The molecule has 0 aliphatic rings. The van der Waals surface area contributed by atoms with E-state index in [4.69, 9.17) is 14.2 Å². The Morgan fingerprint density at radius 3 is 2.38 bits per heavy atom. The van der Waals surface area contributed by atoms with Crippen molar-refractivity contribution in [2.24, 2.45) is 0 Å². The average Bonchev–Trinajstić information content (AvgIpc) is 2.61. The number of ether oxygens (including phenoxy) is 3. The Hall–Kier alpha value is -3.02. The molecule has 2 aromatic carbocycles. The molecule has 0 saturated carbocycles. The van der Waals surface area contributed by atoms with Crippen LogP contribution in [0.15, 0.2) is 42.5 Å². The second kappa shape index (κ2) is 8.89. The minimum Gasteiger partial charge on any atom is -0.497 e. The summed E-state index contributed by atoms with van der Waals surface area (Å²) in [4.78, 5) is 24.0. The van der Waals surface area contributed by atoms with E-state index < -0.39 is 18.0 Å². The largest absolute Gasteiger partial charge is 0.497 e. The SMILES string of the molecule is COc1ccc(NC(=O)[C@@H](C)OC(=O)COc2ccc(C)cc2C)cc1. The monoisotopic (exact) mass is 357 g/mol. The van der Waals surface area contributed by atoms with Crippen LogP contribution in [0.3, 0.4) is 0 Å². The van der Waals surface area contributed by atoms with Crippen LogP contribution < -0.4 is 14.8 Å². The number of esters is 1. The first-order valence-electron chi connectivity index (χ1n) is 8.23. The van der Waals surface area contributed by atoms with Gasteiger partial charge in [-0.3, -0.25) is 4.79 Å². The van der Waals surface area contributed by atoms with Crippen molar-refractivity contribution in [2.45, 2.75) is 26.9 Å². The van der Waals surface area contributed by atoms with Gasteiger partial charge in [0.25, 0.3) is 5.91 Å². The minimum atomic E-state index is -0.938. The Morgan fingerprint density at radius 1 is 1.08 bits per heavy atom. The van der Waals surface area contributed by atoms with Crippen LogP contribution >= 0.6 is 0 Å². The zero-order chi connectivity index (χ0) is 19.1. The number of methoxy groups -OCH3 is 1. The van der Waals surface area contributed by atoms with Crippen LogP contribution in [0.2, 0.25) is 0 Å². The standard InChI is InChI=1S/C20H23NO5/c1-13-5-10-18(14(2)11-13)25-12-19(22)26-15(3)20(23)21-16-6-8-17(24-4)9-7-16/h5-11,15H,12H2,1-4H3,(H,21,23)/t15-/m1/s1. The lowest BCUT2D eigenvalue weighted by atomic mass is 10.1.